The molecule has 0 saturated carbocycles. The largest absolute Gasteiger partial charge is 0.396 e. The molecule has 1 fully saturated rings. The average molecular weight is 293 g/mol. The molecule has 5 heteroatoms. The summed E-state index contributed by atoms with van der Waals surface area (Å²) >= 11 is 1.35. The Labute approximate surface area is 120 Å². The molecule has 1 unspecified atom stereocenters. The number of carbonyl (C=O) groups is 1. The van der Waals surface area contributed by atoms with Crippen LogP contribution in [0, 0.1) is 18.7 Å². The van der Waals surface area contributed by atoms with E-state index in [2.05, 4.69) is 0 Å². The number of aliphatic hydroxyl groups excluding tert-OH is 1. The molecule has 106 valence electrons. The molecule has 0 bridgehead atoms. The van der Waals surface area contributed by atoms with Crippen molar-refractivity contribution in [2.75, 3.05) is 19.7 Å². The number of benzene rings is 1. The van der Waals surface area contributed by atoms with Gasteiger partial charge in [-0.15, -0.1) is 11.3 Å². The minimum absolute atomic E-state index is 0.0425. The third kappa shape index (κ3) is 2.11. The molecule has 0 radical (unpaired) electrons. The summed E-state index contributed by atoms with van der Waals surface area (Å²) in [6.45, 7) is 3.17. The number of amides is 1. The molecule has 1 aliphatic rings. The molecular formula is C15H16FNO2S. The number of halogens is 1. The molecule has 1 aromatic carbocycles. The van der Waals surface area contributed by atoms with Crippen LogP contribution in [0.5, 0.6) is 0 Å². The van der Waals surface area contributed by atoms with E-state index in [-0.39, 0.29) is 24.2 Å². The molecule has 20 heavy (non-hydrogen) atoms. The van der Waals surface area contributed by atoms with Crippen molar-refractivity contribution < 1.29 is 14.3 Å². The third-order valence-corrected chi connectivity index (χ3v) is 5.17. The van der Waals surface area contributed by atoms with Crippen LogP contribution in [0.15, 0.2) is 18.2 Å². The number of aryl methyl sites for hydroxylation is 1. The summed E-state index contributed by atoms with van der Waals surface area (Å²) in [7, 11) is 0. The molecular weight excluding hydrogens is 277 g/mol. The van der Waals surface area contributed by atoms with E-state index in [1.54, 1.807) is 17.9 Å². The zero-order valence-corrected chi connectivity index (χ0v) is 12.0. The number of nitrogens with zero attached hydrogens (tertiary/aromatic N) is 1. The SMILES string of the molecule is Cc1c(C(=O)N2CCC(CO)C2)sc2cccc(F)c12. The van der Waals surface area contributed by atoms with Gasteiger partial charge in [-0.3, -0.25) is 4.79 Å². The first-order valence-corrected chi connectivity index (χ1v) is 7.51. The van der Waals surface area contributed by atoms with Gasteiger partial charge in [0.25, 0.3) is 5.91 Å². The van der Waals surface area contributed by atoms with Gasteiger partial charge in [-0.05, 0) is 31.0 Å². The second-order valence-electron chi connectivity index (χ2n) is 5.26. The summed E-state index contributed by atoms with van der Waals surface area (Å²) in [5.41, 5.74) is 0.723. The molecule has 1 saturated heterocycles. The van der Waals surface area contributed by atoms with Gasteiger partial charge in [0.15, 0.2) is 0 Å². The van der Waals surface area contributed by atoms with Gasteiger partial charge in [0.2, 0.25) is 0 Å². The van der Waals surface area contributed by atoms with Gasteiger partial charge >= 0.3 is 0 Å². The zero-order valence-electron chi connectivity index (χ0n) is 11.2. The van der Waals surface area contributed by atoms with Crippen LogP contribution in [0.4, 0.5) is 4.39 Å². The second kappa shape index (κ2) is 5.14. The summed E-state index contributed by atoms with van der Waals surface area (Å²) in [4.78, 5) is 14.9. The van der Waals surface area contributed by atoms with Crippen molar-refractivity contribution in [1.82, 2.24) is 4.90 Å². The van der Waals surface area contributed by atoms with Gasteiger partial charge < -0.3 is 10.0 Å². The van der Waals surface area contributed by atoms with E-state index in [0.717, 1.165) is 16.7 Å². The van der Waals surface area contributed by atoms with Crippen LogP contribution in [-0.4, -0.2) is 35.6 Å². The number of aliphatic hydroxyl groups is 1. The quantitative estimate of drug-likeness (QED) is 0.925. The van der Waals surface area contributed by atoms with Crippen LogP contribution < -0.4 is 0 Å². The van der Waals surface area contributed by atoms with Crippen LogP contribution in [0.25, 0.3) is 10.1 Å². The van der Waals surface area contributed by atoms with Gasteiger partial charge in [-0.1, -0.05) is 6.07 Å². The highest BCUT2D eigenvalue weighted by molar-refractivity contribution is 7.21. The summed E-state index contributed by atoms with van der Waals surface area (Å²) in [6.07, 6.45) is 0.834. The molecule has 1 N–H and O–H groups in total. The zero-order chi connectivity index (χ0) is 14.3. The van der Waals surface area contributed by atoms with E-state index >= 15 is 0 Å². The summed E-state index contributed by atoms with van der Waals surface area (Å²) < 4.78 is 14.7. The minimum Gasteiger partial charge on any atom is -0.396 e. The normalized spacial score (nSPS) is 18.9. The molecule has 1 aliphatic heterocycles. The van der Waals surface area contributed by atoms with Crippen LogP contribution in [-0.2, 0) is 0 Å². The van der Waals surface area contributed by atoms with Crippen molar-refractivity contribution in [2.45, 2.75) is 13.3 Å². The fourth-order valence-corrected chi connectivity index (χ4v) is 3.96. The molecule has 2 heterocycles. The first-order valence-electron chi connectivity index (χ1n) is 6.69. The highest BCUT2D eigenvalue weighted by atomic mass is 32.1. The predicted molar refractivity (Wildman–Crippen MR) is 77.6 cm³/mol. The Bertz CT molecular complexity index is 667. The summed E-state index contributed by atoms with van der Waals surface area (Å²) in [5, 5.41) is 9.71. The van der Waals surface area contributed by atoms with E-state index in [1.165, 1.54) is 17.4 Å². The predicted octanol–water partition coefficient (Wildman–Crippen LogP) is 2.80. The molecule has 1 atom stereocenters. The van der Waals surface area contributed by atoms with Crippen molar-refractivity contribution in [3.05, 3.63) is 34.5 Å². The van der Waals surface area contributed by atoms with Gasteiger partial charge in [0.05, 0.1) is 4.88 Å². The Hall–Kier alpha value is -1.46. The molecule has 1 aromatic heterocycles. The van der Waals surface area contributed by atoms with E-state index < -0.39 is 0 Å². The van der Waals surface area contributed by atoms with Gasteiger partial charge in [-0.2, -0.15) is 0 Å². The lowest BCUT2D eigenvalue weighted by Gasteiger charge is -2.15. The van der Waals surface area contributed by atoms with Crippen molar-refractivity contribution in [1.29, 1.82) is 0 Å². The van der Waals surface area contributed by atoms with Crippen molar-refractivity contribution in [3.8, 4) is 0 Å². The number of likely N-dealkylation sites (tertiary alicyclic amines) is 1. The van der Waals surface area contributed by atoms with E-state index in [0.29, 0.717) is 23.4 Å². The third-order valence-electron chi connectivity index (χ3n) is 3.93. The molecule has 3 nitrogen and oxygen atoms in total. The molecule has 3 rings (SSSR count). The number of hydrogen-bond donors (Lipinski definition) is 1. The lowest BCUT2D eigenvalue weighted by Crippen LogP contribution is -2.28. The van der Waals surface area contributed by atoms with Crippen LogP contribution in [0.3, 0.4) is 0 Å². The number of hydrogen-bond acceptors (Lipinski definition) is 3. The molecule has 2 aromatic rings. The number of fused-ring (bicyclic) bond motifs is 1. The lowest BCUT2D eigenvalue weighted by atomic mass is 10.1. The van der Waals surface area contributed by atoms with E-state index in [9.17, 15) is 9.18 Å². The maximum absolute atomic E-state index is 13.9. The van der Waals surface area contributed by atoms with Crippen molar-refractivity contribution >= 4 is 27.3 Å². The number of carbonyl (C=O) groups excluding carboxylic acids is 1. The van der Waals surface area contributed by atoms with Gasteiger partial charge in [0.1, 0.15) is 5.82 Å². The summed E-state index contributed by atoms with van der Waals surface area (Å²) in [5.74, 6) is -0.144. The monoisotopic (exact) mass is 293 g/mol. The van der Waals surface area contributed by atoms with Crippen LogP contribution >= 0.6 is 11.3 Å². The maximum Gasteiger partial charge on any atom is 0.264 e. The van der Waals surface area contributed by atoms with E-state index in [1.807, 2.05) is 6.07 Å². The Balaban J connectivity index is 1.96. The topological polar surface area (TPSA) is 40.5 Å². The van der Waals surface area contributed by atoms with Gasteiger partial charge in [-0.25, -0.2) is 4.39 Å². The smallest absolute Gasteiger partial charge is 0.264 e. The number of thiophene rings is 1. The lowest BCUT2D eigenvalue weighted by molar-refractivity contribution is 0.0786. The Morgan fingerprint density at radius 3 is 3.00 bits per heavy atom. The number of rotatable bonds is 2. The summed E-state index contributed by atoms with van der Waals surface area (Å²) in [6, 6.07) is 4.93. The highest BCUT2D eigenvalue weighted by Gasteiger charge is 2.29. The van der Waals surface area contributed by atoms with Crippen molar-refractivity contribution in [2.24, 2.45) is 5.92 Å². The highest BCUT2D eigenvalue weighted by Crippen LogP contribution is 2.34. The fourth-order valence-electron chi connectivity index (χ4n) is 2.77. The average Bonchev–Trinajstić information content (AvgIpc) is 3.04. The van der Waals surface area contributed by atoms with E-state index in [4.69, 9.17) is 5.11 Å². The van der Waals surface area contributed by atoms with Crippen LogP contribution in [0.2, 0.25) is 0 Å². The minimum atomic E-state index is -0.273. The maximum atomic E-state index is 13.9. The fraction of sp³-hybridized carbons (Fsp3) is 0.400. The standard InChI is InChI=1S/C15H16FNO2S/c1-9-13-11(16)3-2-4-12(13)20-14(9)15(19)17-6-5-10(7-17)8-18/h2-4,10,18H,5-8H2,1H3. The first kappa shape index (κ1) is 13.5. The molecule has 0 spiro atoms. The van der Waals surface area contributed by atoms with Crippen molar-refractivity contribution in [3.63, 3.8) is 0 Å². The Morgan fingerprint density at radius 1 is 1.55 bits per heavy atom. The second-order valence-corrected chi connectivity index (χ2v) is 6.31. The first-order chi connectivity index (χ1) is 9.61. The Kier molecular flexibility index (Phi) is 3.48. The Morgan fingerprint density at radius 2 is 2.35 bits per heavy atom. The molecule has 1 amide bonds. The molecule has 0 aliphatic carbocycles. The van der Waals surface area contributed by atoms with Gasteiger partial charge in [0, 0.05) is 35.7 Å². The van der Waals surface area contributed by atoms with Crippen LogP contribution in [0.1, 0.15) is 21.7 Å².